The lowest BCUT2D eigenvalue weighted by Gasteiger charge is -2.11. The number of para-hydroxylation sites is 1. The first kappa shape index (κ1) is 18.4. The number of anilines is 1. The number of hydrogen-bond acceptors (Lipinski definition) is 6. The fraction of sp³-hybridized carbons (Fsp3) is 0.100. The Morgan fingerprint density at radius 1 is 1.28 bits per heavy atom. The van der Waals surface area contributed by atoms with Gasteiger partial charge in [-0.3, -0.25) is 4.79 Å². The van der Waals surface area contributed by atoms with Crippen LogP contribution >= 0.6 is 0 Å². The summed E-state index contributed by atoms with van der Waals surface area (Å²) in [5.74, 6) is 0.228. The number of aryl methyl sites for hydroxylation is 1. The van der Waals surface area contributed by atoms with E-state index < -0.39 is 11.7 Å². The van der Waals surface area contributed by atoms with Crippen molar-refractivity contribution in [1.29, 1.82) is 0 Å². The zero-order valence-electron chi connectivity index (χ0n) is 15.4. The summed E-state index contributed by atoms with van der Waals surface area (Å²) in [6, 6.07) is 11.2. The smallest absolute Gasteiger partial charge is 0.259 e. The van der Waals surface area contributed by atoms with Gasteiger partial charge in [-0.25, -0.2) is 9.37 Å². The molecule has 1 amide bonds. The van der Waals surface area contributed by atoms with Gasteiger partial charge in [0.25, 0.3) is 5.91 Å². The van der Waals surface area contributed by atoms with Crippen LogP contribution in [-0.4, -0.2) is 25.6 Å². The van der Waals surface area contributed by atoms with Gasteiger partial charge in [-0.05, 0) is 30.3 Å². The quantitative estimate of drug-likeness (QED) is 0.538. The predicted molar refractivity (Wildman–Crippen MR) is 101 cm³/mol. The number of halogens is 1. The minimum Gasteiger partial charge on any atom is -0.485 e. The summed E-state index contributed by atoms with van der Waals surface area (Å²) in [5, 5.41) is 6.43. The lowest BCUT2D eigenvalue weighted by Crippen LogP contribution is -2.14. The molecule has 9 heteroatoms. The Bertz CT molecular complexity index is 1140. The maximum atomic E-state index is 14.4. The molecular weight excluding hydrogens is 377 g/mol. The van der Waals surface area contributed by atoms with Gasteiger partial charge in [0.05, 0.1) is 17.6 Å². The van der Waals surface area contributed by atoms with Gasteiger partial charge >= 0.3 is 0 Å². The Morgan fingerprint density at radius 3 is 2.86 bits per heavy atom. The number of imidazole rings is 1. The third-order valence-corrected chi connectivity index (χ3v) is 4.05. The Balaban J connectivity index is 1.49. The molecule has 0 spiro atoms. The predicted octanol–water partition coefficient (Wildman–Crippen LogP) is 3.53. The number of carbonyl (C=O) groups is 1. The molecule has 29 heavy (non-hydrogen) atoms. The van der Waals surface area contributed by atoms with E-state index in [2.05, 4.69) is 20.4 Å². The van der Waals surface area contributed by atoms with Crippen molar-refractivity contribution < 1.29 is 18.4 Å². The average Bonchev–Trinajstić information content (AvgIpc) is 3.38. The van der Waals surface area contributed by atoms with Crippen molar-refractivity contribution in [3.05, 3.63) is 84.3 Å². The SMILES string of the molecule is Cc1nc(COc2ccccc2C(=O)Nc2ccc(-n3ccnc3)c(F)c2)no1. The molecule has 4 aromatic rings. The minimum absolute atomic E-state index is 0.0515. The summed E-state index contributed by atoms with van der Waals surface area (Å²) in [6.45, 7) is 1.73. The highest BCUT2D eigenvalue weighted by Gasteiger charge is 2.15. The normalized spacial score (nSPS) is 10.7. The molecular formula is C20H16FN5O3. The van der Waals surface area contributed by atoms with E-state index in [1.807, 2.05) is 0 Å². The van der Waals surface area contributed by atoms with Crippen LogP contribution in [0.1, 0.15) is 22.1 Å². The van der Waals surface area contributed by atoms with Gasteiger partial charge in [0, 0.05) is 25.0 Å². The van der Waals surface area contributed by atoms with Crippen molar-refractivity contribution in [2.75, 3.05) is 5.32 Å². The summed E-state index contributed by atoms with van der Waals surface area (Å²) in [6.07, 6.45) is 4.69. The van der Waals surface area contributed by atoms with E-state index in [4.69, 9.17) is 9.26 Å². The first-order chi connectivity index (χ1) is 14.1. The van der Waals surface area contributed by atoms with E-state index in [1.165, 1.54) is 12.4 Å². The molecule has 0 aliphatic heterocycles. The van der Waals surface area contributed by atoms with Gasteiger partial charge in [-0.1, -0.05) is 17.3 Å². The number of benzene rings is 2. The molecule has 0 bridgehead atoms. The van der Waals surface area contributed by atoms with Crippen molar-refractivity contribution in [2.24, 2.45) is 0 Å². The van der Waals surface area contributed by atoms with Gasteiger partial charge < -0.3 is 19.1 Å². The Hall–Kier alpha value is -4.01. The van der Waals surface area contributed by atoms with Crippen molar-refractivity contribution >= 4 is 11.6 Å². The summed E-state index contributed by atoms with van der Waals surface area (Å²) in [5.41, 5.74) is 0.950. The van der Waals surface area contributed by atoms with Gasteiger partial charge in [0.15, 0.2) is 6.61 Å². The Morgan fingerprint density at radius 2 is 2.14 bits per heavy atom. The van der Waals surface area contributed by atoms with Gasteiger partial charge in [0.2, 0.25) is 11.7 Å². The number of amides is 1. The largest absolute Gasteiger partial charge is 0.485 e. The maximum Gasteiger partial charge on any atom is 0.259 e. The van der Waals surface area contributed by atoms with Gasteiger partial charge in [0.1, 0.15) is 11.6 Å². The van der Waals surface area contributed by atoms with Crippen molar-refractivity contribution in [3.63, 3.8) is 0 Å². The minimum atomic E-state index is -0.488. The molecule has 0 aliphatic carbocycles. The molecule has 0 radical (unpaired) electrons. The zero-order valence-corrected chi connectivity index (χ0v) is 15.4. The van der Waals surface area contributed by atoms with Crippen LogP contribution in [0.2, 0.25) is 0 Å². The van der Waals surface area contributed by atoms with Crippen molar-refractivity contribution in [1.82, 2.24) is 19.7 Å². The molecule has 146 valence electrons. The number of hydrogen-bond donors (Lipinski definition) is 1. The lowest BCUT2D eigenvalue weighted by molar-refractivity contribution is 0.102. The van der Waals surface area contributed by atoms with Crippen LogP contribution in [0.3, 0.4) is 0 Å². The van der Waals surface area contributed by atoms with E-state index in [9.17, 15) is 9.18 Å². The number of ether oxygens (including phenoxy) is 1. The van der Waals surface area contributed by atoms with Crippen LogP contribution in [0.5, 0.6) is 5.75 Å². The first-order valence-corrected chi connectivity index (χ1v) is 8.70. The first-order valence-electron chi connectivity index (χ1n) is 8.70. The number of carbonyl (C=O) groups excluding carboxylic acids is 1. The molecule has 4 rings (SSSR count). The molecule has 2 aromatic carbocycles. The molecule has 2 aromatic heterocycles. The summed E-state index contributed by atoms with van der Waals surface area (Å²) < 4.78 is 26.5. The second-order valence-corrected chi connectivity index (χ2v) is 6.10. The average molecular weight is 393 g/mol. The van der Waals surface area contributed by atoms with E-state index >= 15 is 0 Å². The molecule has 0 unspecified atom stereocenters. The summed E-state index contributed by atoms with van der Waals surface area (Å²) in [4.78, 5) is 20.7. The van der Waals surface area contributed by atoms with Gasteiger partial charge in [-0.2, -0.15) is 4.98 Å². The standard InChI is InChI=1S/C20H16FN5O3/c1-13-23-19(25-29-13)11-28-18-5-3-2-4-15(18)20(27)24-14-6-7-17(16(21)10-14)26-9-8-22-12-26/h2-10,12H,11H2,1H3,(H,24,27). The van der Waals surface area contributed by atoms with E-state index in [0.29, 0.717) is 34.4 Å². The van der Waals surface area contributed by atoms with Crippen molar-refractivity contribution in [3.8, 4) is 11.4 Å². The van der Waals surface area contributed by atoms with Crippen LogP contribution in [0.15, 0.2) is 65.7 Å². The van der Waals surface area contributed by atoms with E-state index in [-0.39, 0.29) is 6.61 Å². The summed E-state index contributed by atoms with van der Waals surface area (Å²) in [7, 11) is 0. The second-order valence-electron chi connectivity index (χ2n) is 6.10. The topological polar surface area (TPSA) is 95.1 Å². The fourth-order valence-corrected chi connectivity index (χ4v) is 2.72. The molecule has 0 saturated carbocycles. The monoisotopic (exact) mass is 393 g/mol. The molecule has 0 saturated heterocycles. The third-order valence-electron chi connectivity index (χ3n) is 4.05. The van der Waals surface area contributed by atoms with E-state index in [0.717, 1.165) is 0 Å². The molecule has 0 aliphatic rings. The van der Waals surface area contributed by atoms with Crippen LogP contribution in [0, 0.1) is 12.7 Å². The van der Waals surface area contributed by atoms with Crippen LogP contribution in [0.4, 0.5) is 10.1 Å². The van der Waals surface area contributed by atoms with Crippen molar-refractivity contribution in [2.45, 2.75) is 13.5 Å². The van der Waals surface area contributed by atoms with Crippen LogP contribution in [-0.2, 0) is 6.61 Å². The van der Waals surface area contributed by atoms with Crippen LogP contribution < -0.4 is 10.1 Å². The highest BCUT2D eigenvalue weighted by Crippen LogP contribution is 2.22. The van der Waals surface area contributed by atoms with E-state index in [1.54, 1.807) is 60.3 Å². The highest BCUT2D eigenvalue weighted by molar-refractivity contribution is 6.06. The summed E-state index contributed by atoms with van der Waals surface area (Å²) >= 11 is 0. The highest BCUT2D eigenvalue weighted by atomic mass is 19.1. The molecule has 0 atom stereocenters. The second kappa shape index (κ2) is 7.93. The third kappa shape index (κ3) is 4.13. The Kier molecular flexibility index (Phi) is 5.02. The van der Waals surface area contributed by atoms with Gasteiger partial charge in [-0.15, -0.1) is 0 Å². The fourth-order valence-electron chi connectivity index (χ4n) is 2.72. The lowest BCUT2D eigenvalue weighted by atomic mass is 10.1. The van der Waals surface area contributed by atoms with Crippen LogP contribution in [0.25, 0.3) is 5.69 Å². The Labute approximate surface area is 165 Å². The zero-order chi connectivity index (χ0) is 20.2. The number of rotatable bonds is 6. The number of aromatic nitrogens is 4. The number of nitrogens with zero attached hydrogens (tertiary/aromatic N) is 4. The maximum absolute atomic E-state index is 14.4. The molecule has 2 heterocycles. The number of nitrogens with one attached hydrogen (secondary N) is 1. The molecule has 8 nitrogen and oxygen atoms in total. The molecule has 0 fully saturated rings. The molecule has 1 N–H and O–H groups in total.